The topological polar surface area (TPSA) is 15.8 Å². The number of H-pyrrole nitrogens is 1. The van der Waals surface area contributed by atoms with Gasteiger partial charge in [-0.05, 0) is 33.0 Å². The molecule has 1 nitrogen and oxygen atoms in total. The predicted octanol–water partition coefficient (Wildman–Crippen LogP) is 6.78. The molecular formula is C24H15N. The Morgan fingerprint density at radius 1 is 0.440 bits per heavy atom. The van der Waals surface area contributed by atoms with E-state index in [9.17, 15) is 0 Å². The van der Waals surface area contributed by atoms with E-state index in [1.807, 2.05) is 0 Å². The van der Waals surface area contributed by atoms with E-state index >= 15 is 0 Å². The van der Waals surface area contributed by atoms with Crippen LogP contribution in [-0.2, 0) is 0 Å². The van der Waals surface area contributed by atoms with E-state index in [1.165, 1.54) is 54.1 Å². The summed E-state index contributed by atoms with van der Waals surface area (Å²) in [5.41, 5.74) is 2.43. The third-order valence-electron chi connectivity index (χ3n) is 5.37. The number of hydrogen-bond donors (Lipinski definition) is 1. The Labute approximate surface area is 144 Å². The fraction of sp³-hybridized carbons (Fsp3) is 0. The summed E-state index contributed by atoms with van der Waals surface area (Å²) in [6.45, 7) is 0. The molecule has 0 fully saturated rings. The molecule has 1 aromatic heterocycles. The van der Waals surface area contributed by atoms with Crippen LogP contribution < -0.4 is 0 Å². The van der Waals surface area contributed by atoms with Gasteiger partial charge in [0.25, 0.3) is 0 Å². The molecule has 1 heterocycles. The molecule has 0 radical (unpaired) electrons. The van der Waals surface area contributed by atoms with Crippen molar-refractivity contribution in [2.45, 2.75) is 0 Å². The lowest BCUT2D eigenvalue weighted by Crippen LogP contribution is -1.83. The highest BCUT2D eigenvalue weighted by atomic mass is 14.7. The third-order valence-corrected chi connectivity index (χ3v) is 5.37. The van der Waals surface area contributed by atoms with Crippen molar-refractivity contribution in [1.29, 1.82) is 0 Å². The number of fused-ring (bicyclic) bond motifs is 10. The van der Waals surface area contributed by atoms with E-state index < -0.39 is 0 Å². The van der Waals surface area contributed by atoms with E-state index in [-0.39, 0.29) is 0 Å². The van der Waals surface area contributed by atoms with Crippen LogP contribution >= 0.6 is 0 Å². The van der Waals surface area contributed by atoms with Crippen molar-refractivity contribution in [1.82, 2.24) is 4.98 Å². The van der Waals surface area contributed by atoms with Gasteiger partial charge in [-0.1, -0.05) is 78.9 Å². The summed E-state index contributed by atoms with van der Waals surface area (Å²) in [6, 6.07) is 30.5. The van der Waals surface area contributed by atoms with Crippen molar-refractivity contribution < 1.29 is 0 Å². The maximum absolute atomic E-state index is 3.68. The maximum atomic E-state index is 3.68. The Bertz CT molecular complexity index is 1440. The molecule has 6 rings (SSSR count). The van der Waals surface area contributed by atoms with Crippen LogP contribution in [0.2, 0.25) is 0 Å². The molecule has 5 aromatic carbocycles. The normalized spacial score (nSPS) is 12.0. The molecule has 1 heteroatoms. The standard InChI is InChI=1S/C24H15N/c1-2-8-16-15(7-1)13-14-20-22(16)17-9-3-4-10-18(17)23-19-11-5-6-12-21(19)25-24(20)23/h1-14,25H. The number of benzene rings is 5. The van der Waals surface area contributed by atoms with Gasteiger partial charge in [0.1, 0.15) is 0 Å². The third kappa shape index (κ3) is 1.62. The predicted molar refractivity (Wildman–Crippen MR) is 108 cm³/mol. The van der Waals surface area contributed by atoms with Crippen molar-refractivity contribution in [3.63, 3.8) is 0 Å². The van der Waals surface area contributed by atoms with Crippen molar-refractivity contribution in [2.24, 2.45) is 0 Å². The van der Waals surface area contributed by atoms with Gasteiger partial charge in [-0.25, -0.2) is 0 Å². The average Bonchev–Trinajstić information content (AvgIpc) is 3.07. The fourth-order valence-corrected chi connectivity index (χ4v) is 4.31. The molecule has 1 N–H and O–H groups in total. The molecule has 0 aliphatic heterocycles. The van der Waals surface area contributed by atoms with Gasteiger partial charge in [-0.3, -0.25) is 0 Å². The van der Waals surface area contributed by atoms with Crippen molar-refractivity contribution >= 4 is 54.1 Å². The molecule has 0 saturated heterocycles. The van der Waals surface area contributed by atoms with Crippen LogP contribution in [-0.4, -0.2) is 4.98 Å². The van der Waals surface area contributed by atoms with E-state index in [1.54, 1.807) is 0 Å². The van der Waals surface area contributed by atoms with Gasteiger partial charge in [-0.15, -0.1) is 0 Å². The molecule has 0 aliphatic rings. The van der Waals surface area contributed by atoms with Gasteiger partial charge in [0.2, 0.25) is 0 Å². The first-order chi connectivity index (χ1) is 12.4. The molecule has 0 unspecified atom stereocenters. The molecule has 25 heavy (non-hydrogen) atoms. The van der Waals surface area contributed by atoms with Gasteiger partial charge in [-0.2, -0.15) is 0 Å². The quantitative estimate of drug-likeness (QED) is 0.297. The van der Waals surface area contributed by atoms with E-state index in [4.69, 9.17) is 0 Å². The summed E-state index contributed by atoms with van der Waals surface area (Å²) in [6.07, 6.45) is 0. The summed E-state index contributed by atoms with van der Waals surface area (Å²) < 4.78 is 0. The lowest BCUT2D eigenvalue weighted by atomic mass is 9.93. The smallest absolute Gasteiger partial charge is 0.0551 e. The number of aromatic amines is 1. The molecule has 0 bridgehead atoms. The highest BCUT2D eigenvalue weighted by Crippen LogP contribution is 2.41. The minimum Gasteiger partial charge on any atom is -0.354 e. The number of para-hydroxylation sites is 1. The minimum absolute atomic E-state index is 1.20. The summed E-state index contributed by atoms with van der Waals surface area (Å²) in [5.74, 6) is 0. The minimum atomic E-state index is 1.20. The zero-order chi connectivity index (χ0) is 16.4. The zero-order valence-electron chi connectivity index (χ0n) is 13.6. The van der Waals surface area contributed by atoms with Crippen molar-refractivity contribution in [2.75, 3.05) is 0 Å². The SMILES string of the molecule is c1ccc2c(c1)ccc1c3[nH]c4ccccc4c3c3ccccc3c21. The highest BCUT2D eigenvalue weighted by molar-refractivity contribution is 6.35. The average molecular weight is 317 g/mol. The van der Waals surface area contributed by atoms with Crippen LogP contribution in [0.15, 0.2) is 84.9 Å². The van der Waals surface area contributed by atoms with Gasteiger partial charge in [0.15, 0.2) is 0 Å². The van der Waals surface area contributed by atoms with Gasteiger partial charge >= 0.3 is 0 Å². The molecule has 0 atom stereocenters. The first kappa shape index (κ1) is 13.0. The lowest BCUT2D eigenvalue weighted by molar-refractivity contribution is 1.57. The van der Waals surface area contributed by atoms with Crippen LogP contribution in [0.5, 0.6) is 0 Å². The number of rotatable bonds is 0. The second kappa shape index (κ2) is 4.61. The lowest BCUT2D eigenvalue weighted by Gasteiger charge is -2.10. The first-order valence-electron chi connectivity index (χ1n) is 8.64. The largest absolute Gasteiger partial charge is 0.354 e. The van der Waals surface area contributed by atoms with Gasteiger partial charge in [0, 0.05) is 21.7 Å². The van der Waals surface area contributed by atoms with Crippen LogP contribution in [0.4, 0.5) is 0 Å². The van der Waals surface area contributed by atoms with Crippen LogP contribution in [0.25, 0.3) is 54.1 Å². The Kier molecular flexibility index (Phi) is 2.40. The number of hydrogen-bond acceptors (Lipinski definition) is 0. The maximum Gasteiger partial charge on any atom is 0.0551 e. The van der Waals surface area contributed by atoms with E-state index in [0.717, 1.165) is 0 Å². The molecule has 116 valence electrons. The summed E-state index contributed by atoms with van der Waals surface area (Å²) in [7, 11) is 0. The Morgan fingerprint density at radius 3 is 1.92 bits per heavy atom. The highest BCUT2D eigenvalue weighted by Gasteiger charge is 2.14. The molecule has 0 saturated carbocycles. The van der Waals surface area contributed by atoms with Crippen molar-refractivity contribution in [3.05, 3.63) is 84.9 Å². The van der Waals surface area contributed by atoms with Crippen LogP contribution in [0.3, 0.4) is 0 Å². The Balaban J connectivity index is 2.06. The molecular weight excluding hydrogens is 302 g/mol. The Hall–Kier alpha value is -3.32. The zero-order valence-corrected chi connectivity index (χ0v) is 13.6. The van der Waals surface area contributed by atoms with Crippen LogP contribution in [0, 0.1) is 0 Å². The van der Waals surface area contributed by atoms with E-state index in [2.05, 4.69) is 89.9 Å². The molecule has 0 aliphatic carbocycles. The monoisotopic (exact) mass is 317 g/mol. The van der Waals surface area contributed by atoms with Gasteiger partial charge in [0.05, 0.1) is 5.52 Å². The Morgan fingerprint density at radius 2 is 1.08 bits per heavy atom. The summed E-state index contributed by atoms with van der Waals surface area (Å²) in [5, 5.41) is 10.5. The second-order valence-corrected chi connectivity index (χ2v) is 6.68. The molecule has 6 aromatic rings. The molecule has 0 spiro atoms. The second-order valence-electron chi connectivity index (χ2n) is 6.68. The van der Waals surface area contributed by atoms with Gasteiger partial charge < -0.3 is 4.98 Å². The fourth-order valence-electron chi connectivity index (χ4n) is 4.31. The first-order valence-corrected chi connectivity index (χ1v) is 8.64. The van der Waals surface area contributed by atoms with Crippen molar-refractivity contribution in [3.8, 4) is 0 Å². The number of nitrogens with one attached hydrogen (secondary N) is 1. The molecule has 0 amide bonds. The summed E-state index contributed by atoms with van der Waals surface area (Å²) in [4.78, 5) is 3.68. The summed E-state index contributed by atoms with van der Waals surface area (Å²) >= 11 is 0. The van der Waals surface area contributed by atoms with Crippen LogP contribution in [0.1, 0.15) is 0 Å². The van der Waals surface area contributed by atoms with E-state index in [0.29, 0.717) is 0 Å². The number of aromatic nitrogens is 1.